The first-order chi connectivity index (χ1) is 10.2. The molecule has 11 heteroatoms. The zero-order valence-corrected chi connectivity index (χ0v) is 12.4. The van der Waals surface area contributed by atoms with Crippen LogP contribution in [0.25, 0.3) is 0 Å². The lowest BCUT2D eigenvalue weighted by Crippen LogP contribution is -2.24. The third-order valence-corrected chi connectivity index (χ3v) is 4.21. The van der Waals surface area contributed by atoms with Crippen LogP contribution < -0.4 is 4.72 Å². The lowest BCUT2D eigenvalue weighted by Gasteiger charge is -2.08. The van der Waals surface area contributed by atoms with Gasteiger partial charge in [0, 0.05) is 0 Å². The van der Waals surface area contributed by atoms with Crippen LogP contribution in [0.2, 0.25) is 0 Å². The zero-order chi connectivity index (χ0) is 16.5. The molecule has 0 amide bonds. The van der Waals surface area contributed by atoms with Gasteiger partial charge in [-0.05, 0) is 29.8 Å². The van der Waals surface area contributed by atoms with Gasteiger partial charge in [0.2, 0.25) is 10.0 Å². The van der Waals surface area contributed by atoms with Crippen LogP contribution in [0, 0.1) is 12.7 Å². The molecule has 0 bridgehead atoms. The molecular weight excluding hydrogens is 317 g/mol. The first kappa shape index (κ1) is 16.0. The average Bonchev–Trinajstić information content (AvgIpc) is 2.85. The highest BCUT2D eigenvalue weighted by atomic mass is 32.2. The maximum absolute atomic E-state index is 13.7. The molecule has 22 heavy (non-hydrogen) atoms. The van der Waals surface area contributed by atoms with Crippen LogP contribution in [0.4, 0.5) is 4.39 Å². The normalized spacial score (nSPS) is 11.6. The van der Waals surface area contributed by atoms with E-state index in [1.807, 2.05) is 0 Å². The highest BCUT2D eigenvalue weighted by molar-refractivity contribution is 7.89. The molecule has 0 aliphatic heterocycles. The minimum atomic E-state index is -4.11. The van der Waals surface area contributed by atoms with Crippen LogP contribution in [-0.4, -0.2) is 39.7 Å². The van der Waals surface area contributed by atoms with E-state index >= 15 is 0 Å². The zero-order valence-electron chi connectivity index (χ0n) is 11.6. The summed E-state index contributed by atoms with van der Waals surface area (Å²) in [4.78, 5) is 11.7. The van der Waals surface area contributed by atoms with Crippen molar-refractivity contribution >= 4 is 16.0 Å². The van der Waals surface area contributed by atoms with E-state index in [4.69, 9.17) is 5.11 Å². The number of carboxylic acid groups (broad SMARTS) is 1. The van der Waals surface area contributed by atoms with Crippen LogP contribution in [-0.2, 0) is 23.6 Å². The van der Waals surface area contributed by atoms with Gasteiger partial charge in [0.1, 0.15) is 5.82 Å². The number of aromatic carboxylic acids is 1. The highest BCUT2D eigenvalue weighted by Crippen LogP contribution is 2.19. The van der Waals surface area contributed by atoms with Crippen LogP contribution in [0.1, 0.15) is 21.7 Å². The summed E-state index contributed by atoms with van der Waals surface area (Å²) in [6, 6.07) is 1.65. The number of tetrazole rings is 1. The Labute approximate surface area is 124 Å². The number of nitrogens with one attached hydrogen (secondary N) is 1. The van der Waals surface area contributed by atoms with Gasteiger partial charge in [0.25, 0.3) is 0 Å². The fourth-order valence-corrected chi connectivity index (χ4v) is 2.69. The Balaban J connectivity index is 2.31. The molecular formula is C11H12FN5O4S. The van der Waals surface area contributed by atoms with Gasteiger partial charge in [-0.25, -0.2) is 22.3 Å². The summed E-state index contributed by atoms with van der Waals surface area (Å²) in [6.07, 6.45) is 0. The molecule has 0 unspecified atom stereocenters. The maximum Gasteiger partial charge on any atom is 0.336 e. The third kappa shape index (κ3) is 3.26. The second kappa shape index (κ2) is 5.77. The molecule has 118 valence electrons. The van der Waals surface area contributed by atoms with Crippen LogP contribution in [0.5, 0.6) is 0 Å². The number of aromatic nitrogens is 4. The van der Waals surface area contributed by atoms with Gasteiger partial charge in [0.15, 0.2) is 5.82 Å². The van der Waals surface area contributed by atoms with E-state index in [2.05, 4.69) is 20.1 Å². The van der Waals surface area contributed by atoms with Gasteiger partial charge in [-0.1, -0.05) is 0 Å². The average molecular weight is 329 g/mol. The van der Waals surface area contributed by atoms with Crippen molar-refractivity contribution in [3.05, 3.63) is 34.9 Å². The van der Waals surface area contributed by atoms with Gasteiger partial charge in [-0.2, -0.15) is 4.80 Å². The smallest absolute Gasteiger partial charge is 0.336 e. The highest BCUT2D eigenvalue weighted by Gasteiger charge is 2.21. The summed E-state index contributed by atoms with van der Waals surface area (Å²) >= 11 is 0. The minimum absolute atomic E-state index is 0.122. The molecule has 0 saturated heterocycles. The Bertz CT molecular complexity index is 833. The first-order valence-electron chi connectivity index (χ1n) is 5.96. The van der Waals surface area contributed by atoms with E-state index in [0.717, 1.165) is 16.9 Å². The second-order valence-corrected chi connectivity index (χ2v) is 6.17. The fourth-order valence-electron chi connectivity index (χ4n) is 1.67. The van der Waals surface area contributed by atoms with E-state index in [1.54, 1.807) is 0 Å². The molecule has 1 heterocycles. The van der Waals surface area contributed by atoms with Crippen LogP contribution in [0.3, 0.4) is 0 Å². The number of benzene rings is 1. The number of hydrogen-bond donors (Lipinski definition) is 2. The van der Waals surface area contributed by atoms with Crippen LogP contribution in [0.15, 0.2) is 17.0 Å². The van der Waals surface area contributed by atoms with Crippen molar-refractivity contribution in [1.29, 1.82) is 0 Å². The topological polar surface area (TPSA) is 127 Å². The van der Waals surface area contributed by atoms with Gasteiger partial charge in [-0.15, -0.1) is 10.2 Å². The summed E-state index contributed by atoms with van der Waals surface area (Å²) in [5, 5.41) is 19.9. The predicted molar refractivity (Wildman–Crippen MR) is 70.9 cm³/mol. The Morgan fingerprint density at radius 2 is 2.14 bits per heavy atom. The Morgan fingerprint density at radius 1 is 1.45 bits per heavy atom. The molecule has 2 rings (SSSR count). The van der Waals surface area contributed by atoms with Gasteiger partial charge in [-0.3, -0.25) is 0 Å². The molecule has 1 aromatic heterocycles. The summed E-state index contributed by atoms with van der Waals surface area (Å²) in [6.45, 7) is 1.00. The molecule has 0 saturated carbocycles. The number of aryl methyl sites for hydroxylation is 1. The molecule has 0 aliphatic carbocycles. The van der Waals surface area contributed by atoms with E-state index < -0.39 is 32.3 Å². The molecule has 0 radical (unpaired) electrons. The first-order valence-corrected chi connectivity index (χ1v) is 7.45. The molecule has 0 spiro atoms. The van der Waals surface area contributed by atoms with Crippen molar-refractivity contribution in [3.8, 4) is 0 Å². The minimum Gasteiger partial charge on any atom is -0.478 e. The van der Waals surface area contributed by atoms with Crippen molar-refractivity contribution in [1.82, 2.24) is 24.9 Å². The number of hydrogen-bond acceptors (Lipinski definition) is 6. The Morgan fingerprint density at radius 3 is 2.68 bits per heavy atom. The van der Waals surface area contributed by atoms with E-state index in [9.17, 15) is 17.6 Å². The van der Waals surface area contributed by atoms with E-state index in [0.29, 0.717) is 0 Å². The summed E-state index contributed by atoms with van der Waals surface area (Å²) in [7, 11) is -2.60. The van der Waals surface area contributed by atoms with Gasteiger partial charge < -0.3 is 5.11 Å². The lowest BCUT2D eigenvalue weighted by atomic mass is 10.1. The summed E-state index contributed by atoms with van der Waals surface area (Å²) < 4.78 is 40.0. The van der Waals surface area contributed by atoms with Gasteiger partial charge >= 0.3 is 5.97 Å². The van der Waals surface area contributed by atoms with Crippen molar-refractivity contribution < 1.29 is 22.7 Å². The molecule has 1 aromatic carbocycles. The molecule has 0 atom stereocenters. The molecule has 0 aliphatic rings. The van der Waals surface area contributed by atoms with Crippen LogP contribution >= 0.6 is 0 Å². The Hall–Kier alpha value is -2.40. The molecule has 2 aromatic rings. The largest absolute Gasteiger partial charge is 0.478 e. The summed E-state index contributed by atoms with van der Waals surface area (Å²) in [5.74, 6) is -2.21. The van der Waals surface area contributed by atoms with Gasteiger partial charge in [0.05, 0.1) is 24.1 Å². The van der Waals surface area contributed by atoms with Crippen molar-refractivity contribution in [2.45, 2.75) is 18.4 Å². The van der Waals surface area contributed by atoms with Crippen molar-refractivity contribution in [3.63, 3.8) is 0 Å². The molecule has 2 N–H and O–H groups in total. The molecule has 9 nitrogen and oxygen atoms in total. The number of halogens is 1. The maximum atomic E-state index is 13.7. The number of carbonyl (C=O) groups is 1. The van der Waals surface area contributed by atoms with E-state index in [-0.39, 0.29) is 17.9 Å². The standard InChI is InChI=1S/C11H12FN5O4S/c1-6-8(11(18)19)3-7(4-9(6)12)22(20,21)13-5-10-14-16-17(2)15-10/h3-4,13H,5H2,1-2H3,(H,18,19). The quantitative estimate of drug-likeness (QED) is 0.780. The lowest BCUT2D eigenvalue weighted by molar-refractivity contribution is 0.0695. The second-order valence-electron chi connectivity index (χ2n) is 4.40. The predicted octanol–water partition coefficient (Wildman–Crippen LogP) is -0.166. The SMILES string of the molecule is Cc1c(F)cc(S(=O)(=O)NCc2nnn(C)n2)cc1C(=O)O. The van der Waals surface area contributed by atoms with Crippen molar-refractivity contribution in [2.75, 3.05) is 0 Å². The number of rotatable bonds is 5. The number of carboxylic acids is 1. The monoisotopic (exact) mass is 329 g/mol. The fraction of sp³-hybridized carbons (Fsp3) is 0.273. The third-order valence-electron chi connectivity index (χ3n) is 2.83. The van der Waals surface area contributed by atoms with Crippen molar-refractivity contribution in [2.24, 2.45) is 7.05 Å². The number of nitrogens with zero attached hydrogens (tertiary/aromatic N) is 4. The molecule has 0 fully saturated rings. The Kier molecular flexibility index (Phi) is 4.19. The van der Waals surface area contributed by atoms with E-state index in [1.165, 1.54) is 14.0 Å². The number of sulfonamides is 1. The summed E-state index contributed by atoms with van der Waals surface area (Å²) in [5.41, 5.74) is -0.556.